The Morgan fingerprint density at radius 2 is 1.66 bits per heavy atom. The van der Waals surface area contributed by atoms with E-state index in [1.807, 2.05) is 42.5 Å². The molecule has 1 atom stereocenters. The van der Waals surface area contributed by atoms with Gasteiger partial charge in [0.15, 0.2) is 6.10 Å². The fraction of sp³-hybridized carbons (Fsp3) is 0.273. The van der Waals surface area contributed by atoms with Gasteiger partial charge in [-0.1, -0.05) is 48.0 Å². The summed E-state index contributed by atoms with van der Waals surface area (Å²) in [5.41, 5.74) is 1.15. The largest absolute Gasteiger partial charge is 0.448 e. The molecule has 0 N–H and O–H groups in total. The smallest absolute Gasteiger partial charge is 0.350 e. The minimum atomic E-state index is -0.855. The van der Waals surface area contributed by atoms with E-state index in [2.05, 4.69) is 17.0 Å². The number of fused-ring (bicyclic) bond motifs is 1. The zero-order valence-electron chi connectivity index (χ0n) is 16.0. The van der Waals surface area contributed by atoms with Crippen molar-refractivity contribution in [1.82, 2.24) is 4.90 Å². The molecule has 0 radical (unpaired) electrons. The molecule has 1 aliphatic heterocycles. The monoisotopic (exact) mass is 428 g/mol. The molecule has 0 bridgehead atoms. The maximum Gasteiger partial charge on any atom is 0.350 e. The van der Waals surface area contributed by atoms with Crippen LogP contribution in [0.5, 0.6) is 0 Å². The van der Waals surface area contributed by atoms with Crippen molar-refractivity contribution < 1.29 is 14.3 Å². The molecule has 5 nitrogen and oxygen atoms in total. The second kappa shape index (κ2) is 8.43. The third-order valence-corrected chi connectivity index (χ3v) is 6.72. The first-order valence-corrected chi connectivity index (χ1v) is 10.7. The van der Waals surface area contributed by atoms with E-state index in [1.165, 1.54) is 11.3 Å². The van der Waals surface area contributed by atoms with Crippen LogP contribution in [0.15, 0.2) is 54.6 Å². The molecular formula is C22H21ClN2O3S. The Bertz CT molecular complexity index is 1030. The van der Waals surface area contributed by atoms with Crippen LogP contribution in [-0.4, -0.2) is 49.1 Å². The van der Waals surface area contributed by atoms with Crippen molar-refractivity contribution in [3.63, 3.8) is 0 Å². The lowest BCUT2D eigenvalue weighted by atomic mass is 10.2. The topological polar surface area (TPSA) is 49.9 Å². The van der Waals surface area contributed by atoms with Crippen molar-refractivity contribution in [2.75, 3.05) is 31.1 Å². The number of amides is 1. The molecule has 150 valence electrons. The highest BCUT2D eigenvalue weighted by molar-refractivity contribution is 7.21. The normalized spacial score (nSPS) is 15.4. The SMILES string of the molecule is CC(OC(=O)c1sc2ccccc2c1Cl)C(=O)N1CCN(c2ccccc2)CC1. The Labute approximate surface area is 178 Å². The van der Waals surface area contributed by atoms with Gasteiger partial charge in [0.2, 0.25) is 0 Å². The van der Waals surface area contributed by atoms with Crippen molar-refractivity contribution >= 4 is 50.6 Å². The molecule has 1 aliphatic rings. The van der Waals surface area contributed by atoms with Gasteiger partial charge >= 0.3 is 5.97 Å². The van der Waals surface area contributed by atoms with E-state index in [9.17, 15) is 9.59 Å². The summed E-state index contributed by atoms with van der Waals surface area (Å²) in [4.78, 5) is 29.7. The number of halogens is 1. The van der Waals surface area contributed by atoms with E-state index in [-0.39, 0.29) is 5.91 Å². The molecular weight excluding hydrogens is 408 g/mol. The first-order valence-electron chi connectivity index (χ1n) is 9.51. The molecule has 1 aromatic heterocycles. The zero-order chi connectivity index (χ0) is 20.4. The minimum absolute atomic E-state index is 0.178. The van der Waals surface area contributed by atoms with E-state index in [4.69, 9.17) is 16.3 Å². The summed E-state index contributed by atoms with van der Waals surface area (Å²) in [7, 11) is 0. The first kappa shape index (κ1) is 19.7. The summed E-state index contributed by atoms with van der Waals surface area (Å²) >= 11 is 7.63. The Hall–Kier alpha value is -2.57. The first-order chi connectivity index (χ1) is 14.0. The van der Waals surface area contributed by atoms with E-state index in [0.29, 0.717) is 23.0 Å². The molecule has 7 heteroatoms. The molecule has 0 spiro atoms. The number of esters is 1. The Kier molecular flexibility index (Phi) is 5.74. The molecule has 3 aromatic rings. The third kappa shape index (κ3) is 4.09. The summed E-state index contributed by atoms with van der Waals surface area (Å²) in [6.07, 6.45) is -0.855. The number of thiophene rings is 1. The van der Waals surface area contributed by atoms with E-state index in [1.54, 1.807) is 11.8 Å². The van der Waals surface area contributed by atoms with Crippen LogP contribution >= 0.6 is 22.9 Å². The zero-order valence-corrected chi connectivity index (χ0v) is 17.6. The van der Waals surface area contributed by atoms with Crippen LogP contribution in [0.25, 0.3) is 10.1 Å². The maximum absolute atomic E-state index is 12.8. The predicted molar refractivity (Wildman–Crippen MR) is 117 cm³/mol. The van der Waals surface area contributed by atoms with Gasteiger partial charge < -0.3 is 14.5 Å². The Morgan fingerprint density at radius 1 is 1.00 bits per heavy atom. The van der Waals surface area contributed by atoms with Gasteiger partial charge in [-0.2, -0.15) is 0 Å². The molecule has 1 saturated heterocycles. The van der Waals surface area contributed by atoms with Gasteiger partial charge in [0, 0.05) is 42.0 Å². The van der Waals surface area contributed by atoms with Crippen LogP contribution in [0.3, 0.4) is 0 Å². The Balaban J connectivity index is 1.37. The molecule has 0 aliphatic carbocycles. The molecule has 2 heterocycles. The van der Waals surface area contributed by atoms with E-state index < -0.39 is 12.1 Å². The third-order valence-electron chi connectivity index (χ3n) is 5.06. The average molecular weight is 429 g/mol. The number of ether oxygens (including phenoxy) is 1. The molecule has 29 heavy (non-hydrogen) atoms. The van der Waals surface area contributed by atoms with Gasteiger partial charge in [-0.25, -0.2) is 4.79 Å². The van der Waals surface area contributed by atoms with Crippen LogP contribution in [0, 0.1) is 0 Å². The van der Waals surface area contributed by atoms with Crippen LogP contribution in [0.1, 0.15) is 16.6 Å². The number of piperazine rings is 1. The maximum atomic E-state index is 12.8. The number of benzene rings is 2. The summed E-state index contributed by atoms with van der Waals surface area (Å²) in [5.74, 6) is -0.733. The van der Waals surface area contributed by atoms with Crippen molar-refractivity contribution in [2.45, 2.75) is 13.0 Å². The fourth-order valence-electron chi connectivity index (χ4n) is 3.49. The summed E-state index contributed by atoms with van der Waals surface area (Å²) in [6, 6.07) is 17.7. The molecule has 1 fully saturated rings. The van der Waals surface area contributed by atoms with Crippen molar-refractivity contribution in [3.05, 3.63) is 64.5 Å². The van der Waals surface area contributed by atoms with Crippen molar-refractivity contribution in [1.29, 1.82) is 0 Å². The lowest BCUT2D eigenvalue weighted by Crippen LogP contribution is -2.51. The van der Waals surface area contributed by atoms with Gasteiger partial charge in [-0.05, 0) is 25.1 Å². The minimum Gasteiger partial charge on any atom is -0.448 e. The van der Waals surface area contributed by atoms with Crippen LogP contribution in [-0.2, 0) is 9.53 Å². The number of anilines is 1. The lowest BCUT2D eigenvalue weighted by Gasteiger charge is -2.37. The molecule has 1 unspecified atom stereocenters. The van der Waals surface area contributed by atoms with Crippen LogP contribution in [0.4, 0.5) is 5.69 Å². The predicted octanol–water partition coefficient (Wildman–Crippen LogP) is 4.45. The highest BCUT2D eigenvalue weighted by Crippen LogP contribution is 2.35. The van der Waals surface area contributed by atoms with Crippen LogP contribution < -0.4 is 4.90 Å². The summed E-state index contributed by atoms with van der Waals surface area (Å²) in [6.45, 7) is 4.31. The standard InChI is InChI=1S/C22H21ClN2O3S/c1-15(28-22(27)20-19(23)17-9-5-6-10-18(17)29-20)21(26)25-13-11-24(12-14-25)16-7-3-2-4-8-16/h2-10,15H,11-14H2,1H3. The van der Waals surface area contributed by atoms with E-state index >= 15 is 0 Å². The van der Waals surface area contributed by atoms with E-state index in [0.717, 1.165) is 28.9 Å². The fourth-order valence-corrected chi connectivity index (χ4v) is 4.88. The molecule has 2 aromatic carbocycles. The van der Waals surface area contributed by atoms with Gasteiger partial charge in [-0.15, -0.1) is 11.3 Å². The average Bonchev–Trinajstić information content (AvgIpc) is 3.11. The number of carbonyl (C=O) groups excluding carboxylic acids is 2. The lowest BCUT2D eigenvalue weighted by molar-refractivity contribution is -0.140. The number of nitrogens with zero attached hydrogens (tertiary/aromatic N) is 2. The highest BCUT2D eigenvalue weighted by atomic mass is 35.5. The second-order valence-electron chi connectivity index (χ2n) is 6.94. The number of carbonyl (C=O) groups is 2. The quantitative estimate of drug-likeness (QED) is 0.576. The van der Waals surface area contributed by atoms with Gasteiger partial charge in [0.1, 0.15) is 4.88 Å². The Morgan fingerprint density at radius 3 is 2.34 bits per heavy atom. The van der Waals surface area contributed by atoms with Gasteiger partial charge in [-0.3, -0.25) is 4.79 Å². The highest BCUT2D eigenvalue weighted by Gasteiger charge is 2.29. The molecule has 4 rings (SSSR count). The van der Waals surface area contributed by atoms with Gasteiger partial charge in [0.25, 0.3) is 5.91 Å². The molecule has 0 saturated carbocycles. The van der Waals surface area contributed by atoms with Crippen molar-refractivity contribution in [2.24, 2.45) is 0 Å². The van der Waals surface area contributed by atoms with Crippen molar-refractivity contribution in [3.8, 4) is 0 Å². The molecule has 1 amide bonds. The van der Waals surface area contributed by atoms with Gasteiger partial charge in [0.05, 0.1) is 5.02 Å². The summed E-state index contributed by atoms with van der Waals surface area (Å²) < 4.78 is 6.37. The number of hydrogen-bond acceptors (Lipinski definition) is 5. The number of hydrogen-bond donors (Lipinski definition) is 0. The second-order valence-corrected chi connectivity index (χ2v) is 8.37. The number of para-hydroxylation sites is 1. The number of rotatable bonds is 4. The summed E-state index contributed by atoms with van der Waals surface area (Å²) in [5, 5.41) is 1.20. The van der Waals surface area contributed by atoms with Crippen LogP contribution in [0.2, 0.25) is 5.02 Å².